The summed E-state index contributed by atoms with van der Waals surface area (Å²) in [6.45, 7) is 0.590. The van der Waals surface area contributed by atoms with Crippen LogP contribution in [0.1, 0.15) is 5.56 Å². The number of pyridine rings is 1. The summed E-state index contributed by atoms with van der Waals surface area (Å²) in [5.41, 5.74) is 4.08. The highest BCUT2D eigenvalue weighted by Gasteiger charge is 2.19. The first-order chi connectivity index (χ1) is 9.25. The number of benzene rings is 1. The lowest BCUT2D eigenvalue weighted by Crippen LogP contribution is -2.28. The molecule has 4 heteroatoms. The van der Waals surface area contributed by atoms with Crippen LogP contribution in [0.4, 0.5) is 5.69 Å². The number of carbonyl (C=O) groups excluding carboxylic acids is 1. The number of fused-ring (bicyclic) bond motifs is 1. The number of rotatable bonds is 1. The quantitative estimate of drug-likeness (QED) is 0.783. The van der Waals surface area contributed by atoms with E-state index in [9.17, 15) is 4.79 Å². The number of anilines is 1. The lowest BCUT2D eigenvalue weighted by molar-refractivity contribution is -0.122. The van der Waals surface area contributed by atoms with Gasteiger partial charge in [0.2, 0.25) is 0 Å². The van der Waals surface area contributed by atoms with Gasteiger partial charge in [-0.3, -0.25) is 9.78 Å². The van der Waals surface area contributed by atoms with Crippen molar-refractivity contribution in [3.05, 3.63) is 48.3 Å². The molecule has 1 aromatic heterocycles. The molecule has 0 atom stereocenters. The number of hydrogen-bond acceptors (Lipinski definition) is 3. The average molecular weight is 254 g/mol. The number of likely N-dealkylation sites (N-methyl/N-ethyl adjacent to an activating group) is 1. The molecule has 0 unspecified atom stereocenters. The molecule has 0 bridgehead atoms. The molecule has 19 heavy (non-hydrogen) atoms. The van der Waals surface area contributed by atoms with Gasteiger partial charge < -0.3 is 9.64 Å². The molecular formula is C15H14N2O2. The van der Waals surface area contributed by atoms with Gasteiger partial charge in [-0.05, 0) is 23.8 Å². The van der Waals surface area contributed by atoms with Gasteiger partial charge in [-0.1, -0.05) is 12.1 Å². The minimum atomic E-state index is -0.0205. The topological polar surface area (TPSA) is 42.4 Å². The van der Waals surface area contributed by atoms with E-state index in [2.05, 4.69) is 11.1 Å². The largest absolute Gasteiger partial charge is 0.367 e. The molecule has 3 rings (SSSR count). The zero-order valence-electron chi connectivity index (χ0n) is 10.7. The van der Waals surface area contributed by atoms with Crippen LogP contribution in [0.2, 0.25) is 0 Å². The third kappa shape index (κ3) is 2.22. The van der Waals surface area contributed by atoms with E-state index in [1.165, 1.54) is 0 Å². The molecule has 0 saturated carbocycles. The molecule has 0 saturated heterocycles. The fraction of sp³-hybridized carbons (Fsp3) is 0.200. The number of amides is 1. The van der Waals surface area contributed by atoms with E-state index in [0.717, 1.165) is 22.4 Å². The van der Waals surface area contributed by atoms with Crippen LogP contribution in [0.5, 0.6) is 0 Å². The van der Waals surface area contributed by atoms with Crippen molar-refractivity contribution in [2.45, 2.75) is 6.61 Å². The second-order valence-electron chi connectivity index (χ2n) is 4.53. The average Bonchev–Trinajstić information content (AvgIpc) is 2.60. The van der Waals surface area contributed by atoms with Crippen molar-refractivity contribution >= 4 is 11.6 Å². The first-order valence-electron chi connectivity index (χ1n) is 6.13. The van der Waals surface area contributed by atoms with E-state index in [1.54, 1.807) is 18.1 Å². The lowest BCUT2D eigenvalue weighted by Gasteiger charge is -2.17. The van der Waals surface area contributed by atoms with E-state index in [1.807, 2.05) is 30.5 Å². The molecule has 96 valence electrons. The summed E-state index contributed by atoms with van der Waals surface area (Å²) in [6, 6.07) is 9.95. The van der Waals surface area contributed by atoms with Crippen LogP contribution >= 0.6 is 0 Å². The highest BCUT2D eigenvalue weighted by Crippen LogP contribution is 2.28. The standard InChI is InChI=1S/C15H14N2O2/c1-17-14-5-4-11(12-3-2-6-16-8-12)7-13(14)9-19-10-15(17)18/h2-8H,9-10H2,1H3. The molecule has 1 aliphatic heterocycles. The predicted octanol–water partition coefficient (Wildman–Crippen LogP) is 2.24. The Kier molecular flexibility index (Phi) is 3.01. The fourth-order valence-electron chi connectivity index (χ4n) is 2.22. The minimum absolute atomic E-state index is 0.0205. The van der Waals surface area contributed by atoms with Gasteiger partial charge in [-0.2, -0.15) is 0 Å². The molecule has 2 aromatic rings. The number of carbonyl (C=O) groups is 1. The Labute approximate surface area is 111 Å². The van der Waals surface area contributed by atoms with Crippen molar-refractivity contribution in [1.82, 2.24) is 4.98 Å². The maximum atomic E-state index is 11.7. The SMILES string of the molecule is CN1C(=O)COCc2cc(-c3cccnc3)ccc21. The molecule has 4 nitrogen and oxygen atoms in total. The summed E-state index contributed by atoms with van der Waals surface area (Å²) < 4.78 is 5.39. The maximum Gasteiger partial charge on any atom is 0.252 e. The van der Waals surface area contributed by atoms with Gasteiger partial charge >= 0.3 is 0 Å². The zero-order chi connectivity index (χ0) is 13.2. The van der Waals surface area contributed by atoms with Gasteiger partial charge in [0.25, 0.3) is 5.91 Å². The first kappa shape index (κ1) is 11.9. The van der Waals surface area contributed by atoms with Gasteiger partial charge in [0.15, 0.2) is 0 Å². The molecule has 2 heterocycles. The Hall–Kier alpha value is -2.20. The third-order valence-corrected chi connectivity index (χ3v) is 3.29. The summed E-state index contributed by atoms with van der Waals surface area (Å²) in [7, 11) is 1.78. The van der Waals surface area contributed by atoms with Gasteiger partial charge in [0.1, 0.15) is 6.61 Å². The van der Waals surface area contributed by atoms with E-state index in [0.29, 0.717) is 6.61 Å². The van der Waals surface area contributed by atoms with Crippen molar-refractivity contribution in [2.75, 3.05) is 18.6 Å². The molecule has 0 spiro atoms. The van der Waals surface area contributed by atoms with Crippen LogP contribution < -0.4 is 4.90 Å². The summed E-state index contributed by atoms with van der Waals surface area (Å²) in [5.74, 6) is -0.0205. The number of ether oxygens (including phenoxy) is 1. The summed E-state index contributed by atoms with van der Waals surface area (Å²) in [6.07, 6.45) is 3.58. The summed E-state index contributed by atoms with van der Waals surface area (Å²) >= 11 is 0. The monoisotopic (exact) mass is 254 g/mol. The molecule has 0 radical (unpaired) electrons. The van der Waals surface area contributed by atoms with Gasteiger partial charge in [-0.25, -0.2) is 0 Å². The van der Waals surface area contributed by atoms with Crippen molar-refractivity contribution < 1.29 is 9.53 Å². The van der Waals surface area contributed by atoms with Gasteiger partial charge in [-0.15, -0.1) is 0 Å². The van der Waals surface area contributed by atoms with E-state index < -0.39 is 0 Å². The molecular weight excluding hydrogens is 240 g/mol. The fourth-order valence-corrected chi connectivity index (χ4v) is 2.22. The smallest absolute Gasteiger partial charge is 0.252 e. The predicted molar refractivity (Wildman–Crippen MR) is 72.7 cm³/mol. The zero-order valence-corrected chi connectivity index (χ0v) is 10.7. The van der Waals surface area contributed by atoms with E-state index >= 15 is 0 Å². The Balaban J connectivity index is 2.05. The molecule has 1 aromatic carbocycles. The van der Waals surface area contributed by atoms with Gasteiger partial charge in [0.05, 0.1) is 6.61 Å². The van der Waals surface area contributed by atoms with Crippen molar-refractivity contribution in [3.63, 3.8) is 0 Å². The Morgan fingerprint density at radius 3 is 2.89 bits per heavy atom. The van der Waals surface area contributed by atoms with Crippen LogP contribution in [0, 0.1) is 0 Å². The Morgan fingerprint density at radius 2 is 2.11 bits per heavy atom. The maximum absolute atomic E-state index is 11.7. The summed E-state index contributed by atoms with van der Waals surface area (Å²) in [5, 5.41) is 0. The van der Waals surface area contributed by atoms with Crippen LogP contribution in [-0.4, -0.2) is 24.5 Å². The van der Waals surface area contributed by atoms with Crippen LogP contribution in [-0.2, 0) is 16.1 Å². The van der Waals surface area contributed by atoms with Crippen LogP contribution in [0.25, 0.3) is 11.1 Å². The van der Waals surface area contributed by atoms with Crippen molar-refractivity contribution in [3.8, 4) is 11.1 Å². The molecule has 0 N–H and O–H groups in total. The second kappa shape index (κ2) is 4.82. The number of nitrogens with zero attached hydrogens (tertiary/aromatic N) is 2. The molecule has 0 aliphatic carbocycles. The van der Waals surface area contributed by atoms with E-state index in [-0.39, 0.29) is 12.5 Å². The Bertz CT molecular complexity index is 611. The Morgan fingerprint density at radius 1 is 1.21 bits per heavy atom. The molecule has 1 aliphatic rings. The minimum Gasteiger partial charge on any atom is -0.367 e. The highest BCUT2D eigenvalue weighted by atomic mass is 16.5. The number of aromatic nitrogens is 1. The normalized spacial score (nSPS) is 15.0. The molecule has 0 fully saturated rings. The van der Waals surface area contributed by atoms with Crippen LogP contribution in [0.3, 0.4) is 0 Å². The number of hydrogen-bond donors (Lipinski definition) is 0. The third-order valence-electron chi connectivity index (χ3n) is 3.29. The molecule has 1 amide bonds. The van der Waals surface area contributed by atoms with Gasteiger partial charge in [0, 0.05) is 36.3 Å². The second-order valence-corrected chi connectivity index (χ2v) is 4.53. The first-order valence-corrected chi connectivity index (χ1v) is 6.13. The summed E-state index contributed by atoms with van der Waals surface area (Å²) in [4.78, 5) is 17.5. The lowest BCUT2D eigenvalue weighted by atomic mass is 10.0. The van der Waals surface area contributed by atoms with Crippen molar-refractivity contribution in [1.29, 1.82) is 0 Å². The van der Waals surface area contributed by atoms with Crippen molar-refractivity contribution in [2.24, 2.45) is 0 Å². The van der Waals surface area contributed by atoms with Crippen LogP contribution in [0.15, 0.2) is 42.7 Å². The highest BCUT2D eigenvalue weighted by molar-refractivity contribution is 5.95. The van der Waals surface area contributed by atoms with E-state index in [4.69, 9.17) is 4.74 Å².